The lowest BCUT2D eigenvalue weighted by atomic mass is 9.74. The van der Waals surface area contributed by atoms with Crippen molar-refractivity contribution in [3.63, 3.8) is 0 Å². The molecule has 1 aliphatic carbocycles. The van der Waals surface area contributed by atoms with Crippen LogP contribution in [0.3, 0.4) is 0 Å². The Balaban J connectivity index is 1.95. The first kappa shape index (κ1) is 13.6. The van der Waals surface area contributed by atoms with Crippen LogP contribution in [0, 0.1) is 18.8 Å². The molecule has 1 heteroatoms. The predicted molar refractivity (Wildman–Crippen MR) is 78.6 cm³/mol. The number of nitrogens with two attached hydrogens (primary N) is 1. The van der Waals surface area contributed by atoms with Crippen LogP contribution in [0.1, 0.15) is 50.2 Å². The van der Waals surface area contributed by atoms with Gasteiger partial charge in [0, 0.05) is 6.04 Å². The van der Waals surface area contributed by atoms with Gasteiger partial charge in [0.25, 0.3) is 0 Å². The Morgan fingerprint density at radius 3 is 2.56 bits per heavy atom. The highest BCUT2D eigenvalue weighted by molar-refractivity contribution is 5.22. The summed E-state index contributed by atoms with van der Waals surface area (Å²) in [7, 11) is 0. The first-order chi connectivity index (χ1) is 8.69. The average Bonchev–Trinajstić information content (AvgIpc) is 2.36. The monoisotopic (exact) mass is 245 g/mol. The molecule has 1 fully saturated rings. The van der Waals surface area contributed by atoms with Gasteiger partial charge in [-0.05, 0) is 50.0 Å². The van der Waals surface area contributed by atoms with Crippen LogP contribution in [-0.2, 0) is 6.42 Å². The molecule has 0 spiro atoms. The van der Waals surface area contributed by atoms with Gasteiger partial charge in [-0.1, -0.05) is 49.6 Å². The summed E-state index contributed by atoms with van der Waals surface area (Å²) in [6, 6.07) is 9.39. The SMILES string of the molecule is CCCC1CCC(N)C(Cc2ccc(C)cc2)C1. The molecule has 18 heavy (non-hydrogen) atoms. The Hall–Kier alpha value is -0.820. The van der Waals surface area contributed by atoms with E-state index in [1.54, 1.807) is 0 Å². The van der Waals surface area contributed by atoms with E-state index in [9.17, 15) is 0 Å². The van der Waals surface area contributed by atoms with Crippen LogP contribution in [0.5, 0.6) is 0 Å². The molecular formula is C17H27N. The van der Waals surface area contributed by atoms with Crippen LogP contribution < -0.4 is 5.73 Å². The van der Waals surface area contributed by atoms with E-state index in [1.807, 2.05) is 0 Å². The molecule has 100 valence electrons. The highest BCUT2D eigenvalue weighted by Crippen LogP contribution is 2.33. The molecule has 2 N–H and O–H groups in total. The van der Waals surface area contributed by atoms with Crippen LogP contribution in [0.2, 0.25) is 0 Å². The third kappa shape index (κ3) is 3.58. The van der Waals surface area contributed by atoms with Crippen molar-refractivity contribution in [2.75, 3.05) is 0 Å². The minimum atomic E-state index is 0.416. The van der Waals surface area contributed by atoms with Gasteiger partial charge in [-0.3, -0.25) is 0 Å². The molecule has 0 radical (unpaired) electrons. The molecular weight excluding hydrogens is 218 g/mol. The van der Waals surface area contributed by atoms with Gasteiger partial charge in [-0.2, -0.15) is 0 Å². The van der Waals surface area contributed by atoms with Gasteiger partial charge < -0.3 is 5.73 Å². The molecule has 3 unspecified atom stereocenters. The van der Waals surface area contributed by atoms with Crippen molar-refractivity contribution >= 4 is 0 Å². The number of benzene rings is 1. The van der Waals surface area contributed by atoms with Crippen molar-refractivity contribution in [3.05, 3.63) is 35.4 Å². The van der Waals surface area contributed by atoms with E-state index in [0.29, 0.717) is 12.0 Å². The van der Waals surface area contributed by atoms with Crippen molar-refractivity contribution in [3.8, 4) is 0 Å². The van der Waals surface area contributed by atoms with Gasteiger partial charge in [0.2, 0.25) is 0 Å². The van der Waals surface area contributed by atoms with Crippen molar-refractivity contribution in [2.45, 2.75) is 58.4 Å². The maximum absolute atomic E-state index is 6.32. The molecule has 0 saturated heterocycles. The molecule has 0 heterocycles. The normalized spacial score (nSPS) is 28.3. The molecule has 0 amide bonds. The quantitative estimate of drug-likeness (QED) is 0.850. The number of hydrogen-bond donors (Lipinski definition) is 1. The van der Waals surface area contributed by atoms with E-state index in [-0.39, 0.29) is 0 Å². The first-order valence-corrected chi connectivity index (χ1v) is 7.50. The zero-order valence-corrected chi connectivity index (χ0v) is 11.9. The molecule has 0 bridgehead atoms. The number of aryl methyl sites for hydroxylation is 1. The van der Waals surface area contributed by atoms with E-state index in [0.717, 1.165) is 5.92 Å². The number of rotatable bonds is 4. The minimum absolute atomic E-state index is 0.416. The lowest BCUT2D eigenvalue weighted by Crippen LogP contribution is -2.37. The van der Waals surface area contributed by atoms with Gasteiger partial charge in [0.05, 0.1) is 0 Å². The van der Waals surface area contributed by atoms with Crippen molar-refractivity contribution < 1.29 is 0 Å². The predicted octanol–water partition coefficient (Wildman–Crippen LogP) is 4.08. The van der Waals surface area contributed by atoms with E-state index in [1.165, 1.54) is 49.7 Å². The topological polar surface area (TPSA) is 26.0 Å². The van der Waals surface area contributed by atoms with E-state index >= 15 is 0 Å². The zero-order chi connectivity index (χ0) is 13.0. The summed E-state index contributed by atoms with van der Waals surface area (Å²) < 4.78 is 0. The minimum Gasteiger partial charge on any atom is -0.327 e. The van der Waals surface area contributed by atoms with Gasteiger partial charge >= 0.3 is 0 Å². The Bertz CT molecular complexity index is 354. The Morgan fingerprint density at radius 2 is 1.89 bits per heavy atom. The molecule has 0 aromatic heterocycles. The average molecular weight is 245 g/mol. The fourth-order valence-electron chi connectivity index (χ4n) is 3.32. The first-order valence-electron chi connectivity index (χ1n) is 7.50. The second-order valence-electron chi connectivity index (χ2n) is 6.08. The third-order valence-electron chi connectivity index (χ3n) is 4.47. The van der Waals surface area contributed by atoms with Crippen LogP contribution in [0.15, 0.2) is 24.3 Å². The molecule has 1 nitrogen and oxygen atoms in total. The largest absolute Gasteiger partial charge is 0.327 e. The van der Waals surface area contributed by atoms with Crippen LogP contribution in [0.4, 0.5) is 0 Å². The number of hydrogen-bond acceptors (Lipinski definition) is 1. The van der Waals surface area contributed by atoms with Gasteiger partial charge in [-0.15, -0.1) is 0 Å². The highest BCUT2D eigenvalue weighted by Gasteiger charge is 2.27. The summed E-state index contributed by atoms with van der Waals surface area (Å²) >= 11 is 0. The maximum Gasteiger partial charge on any atom is 0.00705 e. The van der Waals surface area contributed by atoms with E-state index in [2.05, 4.69) is 38.1 Å². The third-order valence-corrected chi connectivity index (χ3v) is 4.47. The van der Waals surface area contributed by atoms with Gasteiger partial charge in [-0.25, -0.2) is 0 Å². The summed E-state index contributed by atoms with van der Waals surface area (Å²) in [4.78, 5) is 0. The molecule has 2 rings (SSSR count). The highest BCUT2D eigenvalue weighted by atomic mass is 14.7. The Labute approximate surface area is 112 Å². The lowest BCUT2D eigenvalue weighted by Gasteiger charge is -2.34. The zero-order valence-electron chi connectivity index (χ0n) is 11.9. The standard InChI is InChI=1S/C17H27N/c1-3-4-14-9-10-17(18)16(11-14)12-15-7-5-13(2)6-8-15/h5-8,14,16-17H,3-4,9-12,18H2,1-2H3. The molecule has 3 atom stereocenters. The Kier molecular flexibility index (Phi) is 4.82. The molecule has 1 aliphatic rings. The smallest absolute Gasteiger partial charge is 0.00705 e. The van der Waals surface area contributed by atoms with Gasteiger partial charge in [0.15, 0.2) is 0 Å². The maximum atomic E-state index is 6.32. The molecule has 1 aromatic carbocycles. The van der Waals surface area contributed by atoms with Crippen molar-refractivity contribution in [2.24, 2.45) is 17.6 Å². The fraction of sp³-hybridized carbons (Fsp3) is 0.647. The van der Waals surface area contributed by atoms with E-state index in [4.69, 9.17) is 5.73 Å². The van der Waals surface area contributed by atoms with Crippen LogP contribution >= 0.6 is 0 Å². The van der Waals surface area contributed by atoms with E-state index < -0.39 is 0 Å². The fourth-order valence-corrected chi connectivity index (χ4v) is 3.32. The van der Waals surface area contributed by atoms with Crippen LogP contribution in [0.25, 0.3) is 0 Å². The molecule has 1 aromatic rings. The summed E-state index contributed by atoms with van der Waals surface area (Å²) in [5.41, 5.74) is 9.11. The van der Waals surface area contributed by atoms with Gasteiger partial charge in [0.1, 0.15) is 0 Å². The summed E-state index contributed by atoms with van der Waals surface area (Å²) in [6.45, 7) is 4.44. The second kappa shape index (κ2) is 6.38. The van der Waals surface area contributed by atoms with Crippen molar-refractivity contribution in [1.29, 1.82) is 0 Å². The van der Waals surface area contributed by atoms with Crippen LogP contribution in [-0.4, -0.2) is 6.04 Å². The lowest BCUT2D eigenvalue weighted by molar-refractivity contribution is 0.221. The molecule has 0 aliphatic heterocycles. The Morgan fingerprint density at radius 1 is 1.17 bits per heavy atom. The van der Waals surface area contributed by atoms with Crippen molar-refractivity contribution in [1.82, 2.24) is 0 Å². The summed E-state index contributed by atoms with van der Waals surface area (Å²) in [5, 5.41) is 0. The molecule has 1 saturated carbocycles. The summed E-state index contributed by atoms with van der Waals surface area (Å²) in [5.74, 6) is 1.61. The second-order valence-corrected chi connectivity index (χ2v) is 6.08. The summed E-state index contributed by atoms with van der Waals surface area (Å²) in [6.07, 6.45) is 7.78.